The van der Waals surface area contributed by atoms with E-state index in [4.69, 9.17) is 8.83 Å². The van der Waals surface area contributed by atoms with E-state index in [1.807, 2.05) is 12.1 Å². The number of benzene rings is 11. The summed E-state index contributed by atoms with van der Waals surface area (Å²) < 4.78 is 13.6. The van der Waals surface area contributed by atoms with E-state index < -0.39 is 0 Å². The van der Waals surface area contributed by atoms with Crippen LogP contribution in [0.5, 0.6) is 0 Å². The molecule has 0 fully saturated rings. The van der Waals surface area contributed by atoms with Crippen molar-refractivity contribution >= 4 is 99.5 Å². The molecule has 72 heavy (non-hydrogen) atoms. The van der Waals surface area contributed by atoms with Crippen LogP contribution in [0.1, 0.15) is 49.9 Å². The van der Waals surface area contributed by atoms with Gasteiger partial charge in [0.25, 0.3) is 0 Å². The largest absolute Gasteiger partial charge is 0.454 e. The molecule has 0 atom stereocenters. The Hall–Kier alpha value is -8.86. The standard InChI is InChI=1S/C68H48N2O2/c1-67(2)55-37-52-54-40-60(70(42-23-9-6-10-24-42)58-34-20-32-50-46-28-16-18-36-62(46)72-66(50)58)44-26-12-14-30-48(44)64(54)68(3,4)56(52)38-51(55)53-39-59(43-25-11-13-29-47(43)63(53)67)69(41-21-7-5-8-22-41)57-33-19-31-49-45-27-15-17-35-61(45)71-65(49)57/h5-40H,1-4H3. The summed E-state index contributed by atoms with van der Waals surface area (Å²) in [5.41, 5.74) is 19.8. The van der Waals surface area contributed by atoms with E-state index >= 15 is 0 Å². The van der Waals surface area contributed by atoms with Crippen LogP contribution in [0, 0.1) is 0 Å². The number of nitrogens with zero attached hydrogens (tertiary/aromatic N) is 2. The minimum absolute atomic E-state index is 0.312. The van der Waals surface area contributed by atoms with E-state index in [0.717, 1.165) is 78.0 Å². The van der Waals surface area contributed by atoms with E-state index in [9.17, 15) is 0 Å². The minimum Gasteiger partial charge on any atom is -0.454 e. The molecule has 0 bridgehead atoms. The monoisotopic (exact) mass is 924 g/mol. The first kappa shape index (κ1) is 41.0. The van der Waals surface area contributed by atoms with Crippen molar-refractivity contribution in [3.05, 3.63) is 241 Å². The summed E-state index contributed by atoms with van der Waals surface area (Å²) in [5, 5.41) is 9.36. The van der Waals surface area contributed by atoms with Crippen molar-refractivity contribution in [2.24, 2.45) is 0 Å². The quantitative estimate of drug-likeness (QED) is 0.166. The van der Waals surface area contributed by atoms with Crippen LogP contribution in [0.2, 0.25) is 0 Å². The summed E-state index contributed by atoms with van der Waals surface area (Å²) in [6.07, 6.45) is 0. The Morgan fingerprint density at radius 1 is 0.292 bits per heavy atom. The van der Waals surface area contributed by atoms with Gasteiger partial charge in [-0.25, -0.2) is 0 Å². The molecule has 0 saturated heterocycles. The van der Waals surface area contributed by atoms with Gasteiger partial charge in [0.15, 0.2) is 11.2 Å². The van der Waals surface area contributed by atoms with Gasteiger partial charge in [0.2, 0.25) is 0 Å². The predicted molar refractivity (Wildman–Crippen MR) is 301 cm³/mol. The normalized spacial score (nSPS) is 14.1. The molecule has 0 radical (unpaired) electrons. The third-order valence-electron chi connectivity index (χ3n) is 16.1. The number of para-hydroxylation sites is 6. The zero-order chi connectivity index (χ0) is 48.0. The molecule has 11 aromatic carbocycles. The fourth-order valence-electron chi connectivity index (χ4n) is 13.0. The molecule has 0 saturated carbocycles. The molecule has 4 nitrogen and oxygen atoms in total. The third kappa shape index (κ3) is 5.58. The molecule has 13 aromatic rings. The van der Waals surface area contributed by atoms with Gasteiger partial charge in [0, 0.05) is 54.5 Å². The summed E-state index contributed by atoms with van der Waals surface area (Å²) in [6, 6.07) is 79.5. The first-order valence-electron chi connectivity index (χ1n) is 25.1. The Kier molecular flexibility index (Phi) is 8.44. The van der Waals surface area contributed by atoms with Crippen LogP contribution >= 0.6 is 0 Å². The Balaban J connectivity index is 0.972. The fraction of sp³-hybridized carbons (Fsp3) is 0.0882. The van der Waals surface area contributed by atoms with Crippen LogP contribution in [-0.2, 0) is 10.8 Å². The van der Waals surface area contributed by atoms with Crippen molar-refractivity contribution in [2.75, 3.05) is 9.80 Å². The lowest BCUT2D eigenvalue weighted by Gasteiger charge is -2.29. The number of fused-ring (bicyclic) bond motifs is 16. The van der Waals surface area contributed by atoms with Crippen molar-refractivity contribution in [1.82, 2.24) is 0 Å². The lowest BCUT2D eigenvalue weighted by Crippen LogP contribution is -2.18. The Labute approximate surface area is 417 Å². The molecule has 2 heterocycles. The molecule has 0 amide bonds. The van der Waals surface area contributed by atoms with Crippen LogP contribution < -0.4 is 9.80 Å². The molecule has 0 aliphatic heterocycles. The molecule has 0 spiro atoms. The lowest BCUT2D eigenvalue weighted by atomic mass is 9.78. The smallest absolute Gasteiger partial charge is 0.159 e. The van der Waals surface area contributed by atoms with Crippen LogP contribution in [0.25, 0.3) is 87.7 Å². The highest BCUT2D eigenvalue weighted by Crippen LogP contribution is 2.61. The zero-order valence-electron chi connectivity index (χ0n) is 40.5. The number of hydrogen-bond acceptors (Lipinski definition) is 4. The number of rotatable bonds is 6. The highest BCUT2D eigenvalue weighted by molar-refractivity contribution is 6.16. The first-order chi connectivity index (χ1) is 35.3. The highest BCUT2D eigenvalue weighted by atomic mass is 16.3. The van der Waals surface area contributed by atoms with Gasteiger partial charge >= 0.3 is 0 Å². The van der Waals surface area contributed by atoms with E-state index in [0.29, 0.717) is 0 Å². The maximum Gasteiger partial charge on any atom is 0.159 e. The van der Waals surface area contributed by atoms with Crippen LogP contribution in [0.4, 0.5) is 34.1 Å². The van der Waals surface area contributed by atoms with Gasteiger partial charge in [0.05, 0.1) is 22.7 Å². The molecule has 0 unspecified atom stereocenters. The second kappa shape index (κ2) is 14.8. The summed E-state index contributed by atoms with van der Waals surface area (Å²) in [6.45, 7) is 9.72. The maximum atomic E-state index is 6.79. The molecule has 342 valence electrons. The van der Waals surface area contributed by atoms with Crippen molar-refractivity contribution in [1.29, 1.82) is 0 Å². The molecule has 2 aliphatic carbocycles. The molecule has 2 aliphatic rings. The van der Waals surface area contributed by atoms with E-state index in [-0.39, 0.29) is 10.8 Å². The number of hydrogen-bond donors (Lipinski definition) is 0. The molecule has 0 N–H and O–H groups in total. The molecular weight excluding hydrogens is 877 g/mol. The average molecular weight is 925 g/mol. The highest BCUT2D eigenvalue weighted by Gasteiger charge is 2.44. The van der Waals surface area contributed by atoms with Gasteiger partial charge in [-0.2, -0.15) is 0 Å². The van der Waals surface area contributed by atoms with Crippen molar-refractivity contribution in [3.8, 4) is 22.3 Å². The second-order valence-corrected chi connectivity index (χ2v) is 20.8. The summed E-state index contributed by atoms with van der Waals surface area (Å²) in [7, 11) is 0. The fourth-order valence-corrected chi connectivity index (χ4v) is 13.0. The van der Waals surface area contributed by atoms with Crippen LogP contribution in [0.15, 0.2) is 227 Å². The topological polar surface area (TPSA) is 32.8 Å². The summed E-state index contributed by atoms with van der Waals surface area (Å²) in [4.78, 5) is 4.84. The van der Waals surface area contributed by atoms with Crippen molar-refractivity contribution < 1.29 is 8.83 Å². The molecule has 4 heteroatoms. The van der Waals surface area contributed by atoms with Gasteiger partial charge < -0.3 is 18.6 Å². The van der Waals surface area contributed by atoms with Gasteiger partial charge in [0.1, 0.15) is 11.2 Å². The zero-order valence-corrected chi connectivity index (χ0v) is 40.5. The van der Waals surface area contributed by atoms with Crippen LogP contribution in [0.3, 0.4) is 0 Å². The number of anilines is 6. The van der Waals surface area contributed by atoms with Gasteiger partial charge in [-0.1, -0.05) is 173 Å². The second-order valence-electron chi connectivity index (χ2n) is 20.8. The molecule has 15 rings (SSSR count). The Morgan fingerprint density at radius 2 is 0.639 bits per heavy atom. The molecule has 2 aromatic heterocycles. The summed E-state index contributed by atoms with van der Waals surface area (Å²) >= 11 is 0. The van der Waals surface area contributed by atoms with Gasteiger partial charge in [-0.15, -0.1) is 0 Å². The number of furan rings is 2. The van der Waals surface area contributed by atoms with Crippen LogP contribution in [-0.4, -0.2) is 0 Å². The lowest BCUT2D eigenvalue weighted by molar-refractivity contribution is 0.657. The van der Waals surface area contributed by atoms with E-state index in [1.54, 1.807) is 0 Å². The Morgan fingerprint density at radius 3 is 1.06 bits per heavy atom. The third-order valence-corrected chi connectivity index (χ3v) is 16.1. The predicted octanol–water partition coefficient (Wildman–Crippen LogP) is 19.3. The van der Waals surface area contributed by atoms with Gasteiger partial charge in [-0.05, 0) is 128 Å². The van der Waals surface area contributed by atoms with Crippen molar-refractivity contribution in [3.63, 3.8) is 0 Å². The molecular formula is C68H48N2O2. The van der Waals surface area contributed by atoms with E-state index in [1.165, 1.54) is 66.1 Å². The van der Waals surface area contributed by atoms with Crippen molar-refractivity contribution in [2.45, 2.75) is 38.5 Å². The van der Waals surface area contributed by atoms with Gasteiger partial charge in [-0.3, -0.25) is 0 Å². The minimum atomic E-state index is -0.312. The van der Waals surface area contributed by atoms with E-state index in [2.05, 4.69) is 244 Å². The average Bonchev–Trinajstić information content (AvgIpc) is 4.12. The SMILES string of the molecule is CC1(C)c2cc3c(cc2-c2cc(N(c4ccccc4)c4cccc5c4oc4ccccc45)c4ccccc4c21)C(C)(C)c1c-3cc(N(c2ccccc2)c2cccc3c2oc2ccccc23)c2ccccc12. The summed E-state index contributed by atoms with van der Waals surface area (Å²) in [5.74, 6) is 0. The maximum absolute atomic E-state index is 6.79. The first-order valence-corrected chi connectivity index (χ1v) is 25.1. The Bertz CT molecular complexity index is 4120.